The smallest absolute Gasteiger partial charge is 0.146 e. The van der Waals surface area contributed by atoms with Crippen LogP contribution in [0, 0.1) is 5.82 Å². The quantitative estimate of drug-likeness (QED) is 0.905. The molecule has 1 fully saturated rings. The van der Waals surface area contributed by atoms with Crippen LogP contribution in [-0.2, 0) is 6.42 Å². The summed E-state index contributed by atoms with van der Waals surface area (Å²) in [6, 6.07) is 5.60. The zero-order chi connectivity index (χ0) is 13.8. The third-order valence-corrected chi connectivity index (χ3v) is 3.63. The van der Waals surface area contributed by atoms with E-state index in [9.17, 15) is 4.39 Å². The van der Waals surface area contributed by atoms with Crippen molar-refractivity contribution in [3.8, 4) is 0 Å². The Morgan fingerprint density at radius 1 is 1.26 bits per heavy atom. The van der Waals surface area contributed by atoms with Gasteiger partial charge in [-0.05, 0) is 51.1 Å². The van der Waals surface area contributed by atoms with Crippen LogP contribution in [0.3, 0.4) is 0 Å². The predicted molar refractivity (Wildman–Crippen MR) is 78.1 cm³/mol. The lowest BCUT2D eigenvalue weighted by Gasteiger charge is -2.23. The molecule has 1 heterocycles. The molecule has 1 aliphatic rings. The summed E-state index contributed by atoms with van der Waals surface area (Å²) in [6.07, 6.45) is 1.80. The predicted octanol–water partition coefficient (Wildman–Crippen LogP) is 1.86. The molecule has 1 atom stereocenters. The van der Waals surface area contributed by atoms with Crippen LogP contribution in [0.25, 0.3) is 0 Å². The summed E-state index contributed by atoms with van der Waals surface area (Å²) in [5.74, 6) is -0.122. The van der Waals surface area contributed by atoms with Gasteiger partial charge in [-0.2, -0.15) is 0 Å². The first kappa shape index (κ1) is 14.3. The number of nitrogens with zero attached hydrogens (tertiary/aromatic N) is 2. The highest BCUT2D eigenvalue weighted by Crippen LogP contribution is 2.22. The van der Waals surface area contributed by atoms with Crippen LogP contribution >= 0.6 is 0 Å². The molecule has 19 heavy (non-hydrogen) atoms. The number of benzene rings is 1. The summed E-state index contributed by atoms with van der Waals surface area (Å²) >= 11 is 0. The molecule has 1 aromatic rings. The molecule has 1 unspecified atom stereocenters. The van der Waals surface area contributed by atoms with Crippen molar-refractivity contribution >= 4 is 5.69 Å². The van der Waals surface area contributed by atoms with Crippen molar-refractivity contribution in [3.63, 3.8) is 0 Å². The number of hydrogen-bond donors (Lipinski definition) is 1. The molecule has 2 N–H and O–H groups in total. The van der Waals surface area contributed by atoms with Gasteiger partial charge < -0.3 is 15.5 Å². The maximum absolute atomic E-state index is 14.2. The monoisotopic (exact) mass is 265 g/mol. The molecule has 0 spiro atoms. The Morgan fingerprint density at radius 3 is 2.74 bits per heavy atom. The number of anilines is 1. The van der Waals surface area contributed by atoms with Crippen molar-refractivity contribution in [2.75, 3.05) is 38.1 Å². The lowest BCUT2D eigenvalue weighted by Crippen LogP contribution is -2.29. The SMILES string of the molecule is CC(N)Cc1ccc(N2CCCN(C)CC2)c(F)c1. The van der Waals surface area contributed by atoms with Gasteiger partial charge in [0.2, 0.25) is 0 Å². The normalized spacial score (nSPS) is 19.3. The van der Waals surface area contributed by atoms with Gasteiger partial charge >= 0.3 is 0 Å². The highest BCUT2D eigenvalue weighted by Gasteiger charge is 2.16. The van der Waals surface area contributed by atoms with E-state index in [0.717, 1.165) is 50.3 Å². The molecule has 0 aliphatic carbocycles. The summed E-state index contributed by atoms with van der Waals surface area (Å²) in [7, 11) is 2.12. The second-order valence-electron chi connectivity index (χ2n) is 5.61. The lowest BCUT2D eigenvalue weighted by molar-refractivity contribution is 0.360. The summed E-state index contributed by atoms with van der Waals surface area (Å²) in [5.41, 5.74) is 7.45. The molecule has 0 radical (unpaired) electrons. The van der Waals surface area contributed by atoms with Gasteiger partial charge in [0.1, 0.15) is 5.82 Å². The second-order valence-corrected chi connectivity index (χ2v) is 5.61. The molecule has 0 bridgehead atoms. The summed E-state index contributed by atoms with van der Waals surface area (Å²) < 4.78 is 14.2. The van der Waals surface area contributed by atoms with Gasteiger partial charge in [-0.3, -0.25) is 0 Å². The van der Waals surface area contributed by atoms with Crippen LogP contribution in [0.15, 0.2) is 18.2 Å². The highest BCUT2D eigenvalue weighted by molar-refractivity contribution is 5.49. The third-order valence-electron chi connectivity index (χ3n) is 3.63. The Morgan fingerprint density at radius 2 is 2.05 bits per heavy atom. The molecule has 1 saturated heterocycles. The number of halogens is 1. The van der Waals surface area contributed by atoms with Crippen LogP contribution in [0.4, 0.5) is 10.1 Å². The van der Waals surface area contributed by atoms with Crippen molar-refractivity contribution in [1.82, 2.24) is 4.90 Å². The van der Waals surface area contributed by atoms with E-state index in [1.54, 1.807) is 6.07 Å². The van der Waals surface area contributed by atoms with E-state index in [-0.39, 0.29) is 11.9 Å². The zero-order valence-electron chi connectivity index (χ0n) is 11.9. The Kier molecular flexibility index (Phi) is 4.77. The fourth-order valence-corrected chi connectivity index (χ4v) is 2.59. The molecule has 0 amide bonds. The molecule has 2 rings (SSSR count). The maximum atomic E-state index is 14.2. The number of nitrogens with two attached hydrogens (primary N) is 1. The maximum Gasteiger partial charge on any atom is 0.146 e. The largest absolute Gasteiger partial charge is 0.368 e. The van der Waals surface area contributed by atoms with Crippen molar-refractivity contribution in [3.05, 3.63) is 29.6 Å². The van der Waals surface area contributed by atoms with Gasteiger partial charge in [0.25, 0.3) is 0 Å². The van der Waals surface area contributed by atoms with Gasteiger partial charge in [0.15, 0.2) is 0 Å². The fraction of sp³-hybridized carbons (Fsp3) is 0.600. The minimum atomic E-state index is -0.122. The van der Waals surface area contributed by atoms with E-state index in [1.165, 1.54) is 0 Å². The molecule has 106 valence electrons. The third kappa shape index (κ3) is 3.91. The van der Waals surface area contributed by atoms with E-state index in [1.807, 2.05) is 19.1 Å². The van der Waals surface area contributed by atoms with Crippen LogP contribution < -0.4 is 10.6 Å². The standard InChI is InChI=1S/C15H24FN3/c1-12(17)10-13-4-5-15(14(16)11-13)19-7-3-6-18(2)8-9-19/h4-5,11-12H,3,6-10,17H2,1-2H3. The van der Waals surface area contributed by atoms with E-state index < -0.39 is 0 Å². The number of rotatable bonds is 3. The molecular weight excluding hydrogens is 241 g/mol. The van der Waals surface area contributed by atoms with E-state index >= 15 is 0 Å². The lowest BCUT2D eigenvalue weighted by atomic mass is 10.1. The molecule has 0 saturated carbocycles. The second kappa shape index (κ2) is 6.35. The molecule has 1 aliphatic heterocycles. The first-order valence-corrected chi connectivity index (χ1v) is 7.04. The Balaban J connectivity index is 2.11. The molecule has 3 nitrogen and oxygen atoms in total. The first-order chi connectivity index (χ1) is 9.06. The van der Waals surface area contributed by atoms with Gasteiger partial charge in [-0.15, -0.1) is 0 Å². The van der Waals surface area contributed by atoms with Crippen molar-refractivity contribution in [2.24, 2.45) is 5.73 Å². The molecular formula is C15H24FN3. The molecule has 4 heteroatoms. The summed E-state index contributed by atoms with van der Waals surface area (Å²) in [6.45, 7) is 5.83. The van der Waals surface area contributed by atoms with Crippen LogP contribution in [0.5, 0.6) is 0 Å². The topological polar surface area (TPSA) is 32.5 Å². The van der Waals surface area contributed by atoms with Crippen LogP contribution in [-0.4, -0.2) is 44.2 Å². The zero-order valence-corrected chi connectivity index (χ0v) is 11.9. The number of likely N-dealkylation sites (N-methyl/N-ethyl adjacent to an activating group) is 1. The van der Waals surface area contributed by atoms with Crippen LogP contribution in [0.2, 0.25) is 0 Å². The van der Waals surface area contributed by atoms with Gasteiger partial charge in [-0.25, -0.2) is 4.39 Å². The minimum absolute atomic E-state index is 0.0667. The van der Waals surface area contributed by atoms with Crippen molar-refractivity contribution in [2.45, 2.75) is 25.8 Å². The Hall–Kier alpha value is -1.13. The van der Waals surface area contributed by atoms with E-state index in [0.29, 0.717) is 0 Å². The van der Waals surface area contributed by atoms with Gasteiger partial charge in [-0.1, -0.05) is 6.07 Å². The summed E-state index contributed by atoms with van der Waals surface area (Å²) in [4.78, 5) is 4.44. The Labute approximate surface area is 115 Å². The average Bonchev–Trinajstić information content (AvgIpc) is 2.54. The first-order valence-electron chi connectivity index (χ1n) is 7.04. The fourth-order valence-electron chi connectivity index (χ4n) is 2.59. The molecule has 0 aromatic heterocycles. The van der Waals surface area contributed by atoms with Gasteiger partial charge in [0, 0.05) is 25.7 Å². The number of hydrogen-bond acceptors (Lipinski definition) is 3. The highest BCUT2D eigenvalue weighted by atomic mass is 19.1. The van der Waals surface area contributed by atoms with Crippen molar-refractivity contribution in [1.29, 1.82) is 0 Å². The van der Waals surface area contributed by atoms with Crippen molar-refractivity contribution < 1.29 is 4.39 Å². The Bertz CT molecular complexity index is 420. The van der Waals surface area contributed by atoms with E-state index in [2.05, 4.69) is 16.8 Å². The van der Waals surface area contributed by atoms with Crippen LogP contribution in [0.1, 0.15) is 18.9 Å². The minimum Gasteiger partial charge on any atom is -0.368 e. The average molecular weight is 265 g/mol. The summed E-state index contributed by atoms with van der Waals surface area (Å²) in [5, 5.41) is 0. The molecule has 1 aromatic carbocycles. The van der Waals surface area contributed by atoms with E-state index in [4.69, 9.17) is 5.73 Å². The van der Waals surface area contributed by atoms with Gasteiger partial charge in [0.05, 0.1) is 5.69 Å².